The van der Waals surface area contributed by atoms with Gasteiger partial charge in [-0.15, -0.1) is 12.4 Å². The number of hydrogen-bond acceptors (Lipinski definition) is 4. The molecule has 5 nitrogen and oxygen atoms in total. The van der Waals surface area contributed by atoms with Crippen molar-refractivity contribution in [1.29, 1.82) is 5.41 Å². The number of nitrogens with one attached hydrogen (secondary N) is 2. The fraction of sp³-hybridized carbons (Fsp3) is 0.273. The lowest BCUT2D eigenvalue weighted by Gasteiger charge is -2.06. The second kappa shape index (κ2) is 9.61. The maximum absolute atomic E-state index is 11.2. The molecule has 0 bridgehead atoms. The van der Waals surface area contributed by atoms with Crippen LogP contribution in [0, 0.1) is 5.41 Å². The van der Waals surface area contributed by atoms with Gasteiger partial charge in [0, 0.05) is 12.3 Å². The number of rotatable bonds is 5. The Balaban J connectivity index is 0.00000289. The molecule has 0 aliphatic carbocycles. The Kier molecular flexibility index (Phi) is 8.86. The monoisotopic (exact) mass is 289 g/mol. The van der Waals surface area contributed by atoms with Crippen LogP contribution in [-0.4, -0.2) is 23.6 Å². The molecular formula is C11H16ClN3O2S. The third kappa shape index (κ3) is 7.81. The van der Waals surface area contributed by atoms with E-state index in [4.69, 9.17) is 15.9 Å². The number of benzene rings is 1. The van der Waals surface area contributed by atoms with Crippen molar-refractivity contribution in [2.75, 3.05) is 12.3 Å². The number of hydrogen-bond donors (Lipinski definition) is 3. The van der Waals surface area contributed by atoms with E-state index in [1.807, 2.05) is 30.3 Å². The molecule has 0 saturated carbocycles. The summed E-state index contributed by atoms with van der Waals surface area (Å²) in [6, 6.07) is 9.46. The molecule has 0 saturated heterocycles. The van der Waals surface area contributed by atoms with Gasteiger partial charge in [0.25, 0.3) is 0 Å². The summed E-state index contributed by atoms with van der Waals surface area (Å²) in [5.41, 5.74) is 6.09. The Morgan fingerprint density at radius 1 is 1.39 bits per heavy atom. The van der Waals surface area contributed by atoms with Gasteiger partial charge in [-0.1, -0.05) is 42.1 Å². The van der Waals surface area contributed by atoms with E-state index in [-0.39, 0.29) is 24.2 Å². The maximum Gasteiger partial charge on any atom is 0.407 e. The lowest BCUT2D eigenvalue weighted by atomic mass is 10.2. The number of alkyl carbamates (subject to hydrolysis) is 1. The first-order valence-electron chi connectivity index (χ1n) is 5.10. The van der Waals surface area contributed by atoms with Crippen LogP contribution in [0.15, 0.2) is 30.3 Å². The average molecular weight is 290 g/mol. The highest BCUT2D eigenvalue weighted by molar-refractivity contribution is 8.13. The third-order valence-electron chi connectivity index (χ3n) is 1.84. The molecule has 1 aromatic carbocycles. The minimum atomic E-state index is -0.460. The lowest BCUT2D eigenvalue weighted by Crippen LogP contribution is -2.27. The molecular weight excluding hydrogens is 274 g/mol. The van der Waals surface area contributed by atoms with Crippen molar-refractivity contribution in [3.05, 3.63) is 35.9 Å². The zero-order chi connectivity index (χ0) is 12.5. The number of carbonyl (C=O) groups is 1. The summed E-state index contributed by atoms with van der Waals surface area (Å²) in [5, 5.41) is 9.59. The maximum atomic E-state index is 11.2. The molecule has 0 aliphatic rings. The Bertz CT molecular complexity index is 376. The van der Waals surface area contributed by atoms with E-state index in [9.17, 15) is 4.79 Å². The lowest BCUT2D eigenvalue weighted by molar-refractivity contribution is 0.140. The van der Waals surface area contributed by atoms with Gasteiger partial charge in [-0.2, -0.15) is 0 Å². The van der Waals surface area contributed by atoms with Crippen molar-refractivity contribution in [3.8, 4) is 0 Å². The molecule has 0 unspecified atom stereocenters. The third-order valence-corrected chi connectivity index (χ3v) is 2.56. The van der Waals surface area contributed by atoms with Crippen LogP contribution in [0.2, 0.25) is 0 Å². The first-order valence-corrected chi connectivity index (χ1v) is 6.08. The van der Waals surface area contributed by atoms with Crippen molar-refractivity contribution in [2.45, 2.75) is 6.61 Å². The molecule has 18 heavy (non-hydrogen) atoms. The minimum absolute atomic E-state index is 0. The van der Waals surface area contributed by atoms with Crippen LogP contribution in [-0.2, 0) is 11.3 Å². The normalized spacial score (nSPS) is 9.11. The number of amides is 1. The van der Waals surface area contributed by atoms with Crippen LogP contribution >= 0.6 is 24.2 Å². The number of ether oxygens (including phenoxy) is 1. The molecule has 100 valence electrons. The molecule has 0 heterocycles. The Labute approximate surface area is 116 Å². The van der Waals surface area contributed by atoms with Crippen molar-refractivity contribution in [1.82, 2.24) is 5.32 Å². The number of nitrogens with two attached hydrogens (primary N) is 1. The number of thioether (sulfide) groups is 1. The molecule has 7 heteroatoms. The molecule has 0 aromatic heterocycles. The predicted octanol–water partition coefficient (Wildman–Crippen LogP) is 1.96. The zero-order valence-electron chi connectivity index (χ0n) is 9.72. The molecule has 1 rings (SSSR count). The largest absolute Gasteiger partial charge is 0.445 e. The van der Waals surface area contributed by atoms with Crippen LogP contribution < -0.4 is 11.1 Å². The smallest absolute Gasteiger partial charge is 0.407 e. The summed E-state index contributed by atoms with van der Waals surface area (Å²) in [6.45, 7) is 0.685. The van der Waals surface area contributed by atoms with E-state index in [1.165, 1.54) is 11.8 Å². The quantitative estimate of drug-likeness (QED) is 0.439. The van der Waals surface area contributed by atoms with Crippen molar-refractivity contribution in [2.24, 2.45) is 5.73 Å². The van der Waals surface area contributed by atoms with Gasteiger partial charge in [-0.25, -0.2) is 4.79 Å². The summed E-state index contributed by atoms with van der Waals surface area (Å²) in [6.07, 6.45) is -0.460. The summed E-state index contributed by atoms with van der Waals surface area (Å²) in [7, 11) is 0. The van der Waals surface area contributed by atoms with Gasteiger partial charge in [0.1, 0.15) is 6.61 Å². The van der Waals surface area contributed by atoms with Crippen LogP contribution in [0.1, 0.15) is 5.56 Å². The van der Waals surface area contributed by atoms with Crippen molar-refractivity contribution < 1.29 is 9.53 Å². The molecule has 0 fully saturated rings. The van der Waals surface area contributed by atoms with E-state index in [1.54, 1.807) is 0 Å². The fourth-order valence-electron chi connectivity index (χ4n) is 1.09. The van der Waals surface area contributed by atoms with E-state index in [0.717, 1.165) is 5.56 Å². The van der Waals surface area contributed by atoms with Gasteiger partial charge < -0.3 is 15.8 Å². The van der Waals surface area contributed by atoms with Gasteiger partial charge in [0.05, 0.1) is 0 Å². The topological polar surface area (TPSA) is 88.2 Å². The molecule has 0 aliphatic heterocycles. The Morgan fingerprint density at radius 2 is 2.06 bits per heavy atom. The van der Waals surface area contributed by atoms with Crippen LogP contribution in [0.3, 0.4) is 0 Å². The highest BCUT2D eigenvalue weighted by Gasteiger charge is 2.01. The molecule has 1 aromatic rings. The summed E-state index contributed by atoms with van der Waals surface area (Å²) < 4.78 is 4.99. The van der Waals surface area contributed by atoms with E-state index >= 15 is 0 Å². The van der Waals surface area contributed by atoms with Crippen molar-refractivity contribution >= 4 is 35.4 Å². The standard InChI is InChI=1S/C11H15N3O2S.ClH/c12-10(13)17-7-6-14-11(15)16-8-9-4-2-1-3-5-9;/h1-5H,6-8H2,(H3,12,13)(H,14,15);1H. The van der Waals surface area contributed by atoms with E-state index in [0.29, 0.717) is 12.3 Å². The van der Waals surface area contributed by atoms with Crippen LogP contribution in [0.4, 0.5) is 4.79 Å². The molecule has 0 atom stereocenters. The number of halogens is 1. The van der Waals surface area contributed by atoms with Crippen LogP contribution in [0.25, 0.3) is 0 Å². The van der Waals surface area contributed by atoms with Gasteiger partial charge in [-0.05, 0) is 5.56 Å². The van der Waals surface area contributed by atoms with Gasteiger partial charge in [-0.3, -0.25) is 5.41 Å². The second-order valence-corrected chi connectivity index (χ2v) is 4.34. The summed E-state index contributed by atoms with van der Waals surface area (Å²) in [5.74, 6) is 0.565. The minimum Gasteiger partial charge on any atom is -0.445 e. The van der Waals surface area contributed by atoms with Gasteiger partial charge in [0.2, 0.25) is 0 Å². The SMILES string of the molecule is Cl.N=C(N)SCCNC(=O)OCc1ccccc1. The molecule has 1 amide bonds. The molecule has 0 spiro atoms. The van der Waals surface area contributed by atoms with Gasteiger partial charge >= 0.3 is 6.09 Å². The summed E-state index contributed by atoms with van der Waals surface area (Å²) >= 11 is 1.18. The molecule has 0 radical (unpaired) electrons. The first kappa shape index (κ1) is 16.6. The fourth-order valence-corrected chi connectivity index (χ4v) is 1.51. The molecule has 4 N–H and O–H groups in total. The average Bonchev–Trinajstić information content (AvgIpc) is 2.33. The second-order valence-electron chi connectivity index (χ2n) is 3.20. The van der Waals surface area contributed by atoms with Gasteiger partial charge in [0.15, 0.2) is 5.17 Å². The number of carbonyl (C=O) groups excluding carboxylic acids is 1. The Hall–Kier alpha value is -1.40. The Morgan fingerprint density at radius 3 is 2.67 bits per heavy atom. The highest BCUT2D eigenvalue weighted by atomic mass is 35.5. The highest BCUT2D eigenvalue weighted by Crippen LogP contribution is 2.00. The van der Waals surface area contributed by atoms with E-state index < -0.39 is 6.09 Å². The predicted molar refractivity (Wildman–Crippen MR) is 76.2 cm³/mol. The van der Waals surface area contributed by atoms with Crippen molar-refractivity contribution in [3.63, 3.8) is 0 Å². The van der Waals surface area contributed by atoms with E-state index in [2.05, 4.69) is 5.32 Å². The van der Waals surface area contributed by atoms with Crippen LogP contribution in [0.5, 0.6) is 0 Å². The first-order chi connectivity index (χ1) is 8.18. The summed E-state index contributed by atoms with van der Waals surface area (Å²) in [4.78, 5) is 11.2. The zero-order valence-corrected chi connectivity index (χ0v) is 11.4. The number of amidine groups is 1.